The number of para-hydroxylation sites is 1. The summed E-state index contributed by atoms with van der Waals surface area (Å²) in [5, 5.41) is 17.4. The van der Waals surface area contributed by atoms with E-state index in [-0.39, 0.29) is 5.69 Å². The fourth-order valence-corrected chi connectivity index (χ4v) is 9.61. The molecular formula is C28H27BrN7O3P. The molecule has 0 saturated carbocycles. The minimum atomic E-state index is -2.80. The number of nitrogens with zero attached hydrogens (tertiary/aromatic N) is 7. The second-order valence-corrected chi connectivity index (χ2v) is 13.3. The smallest absolute Gasteiger partial charge is 0.270 e. The van der Waals surface area contributed by atoms with Crippen molar-refractivity contribution in [2.45, 2.75) is 6.92 Å². The number of aromatic nitrogens is 2. The molecular weight excluding hydrogens is 593 g/mol. The average molecular weight is 620 g/mol. The van der Waals surface area contributed by atoms with Crippen molar-refractivity contribution in [3.05, 3.63) is 105 Å². The van der Waals surface area contributed by atoms with Crippen LogP contribution in [0.4, 0.5) is 17.2 Å². The Bertz CT molecular complexity index is 1670. The van der Waals surface area contributed by atoms with Gasteiger partial charge in [0.2, 0.25) is 0 Å². The van der Waals surface area contributed by atoms with E-state index >= 15 is 0 Å². The molecule has 0 aliphatic carbocycles. The predicted molar refractivity (Wildman–Crippen MR) is 161 cm³/mol. The summed E-state index contributed by atoms with van der Waals surface area (Å²) in [6, 6.07) is 24.8. The summed E-state index contributed by atoms with van der Waals surface area (Å²) >= 11 is 3.58. The number of fused-ring (bicyclic) bond motifs is 1. The summed E-state index contributed by atoms with van der Waals surface area (Å²) in [5.74, 6) is 1.52. The lowest BCUT2D eigenvalue weighted by Crippen LogP contribution is -2.45. The van der Waals surface area contributed by atoms with Gasteiger partial charge >= 0.3 is 0 Å². The fraction of sp³-hybridized carbons (Fsp3) is 0.214. The number of non-ortho nitro benzene ring substituents is 1. The minimum absolute atomic E-state index is 0.00174. The van der Waals surface area contributed by atoms with Crippen LogP contribution in [0.25, 0.3) is 5.69 Å². The standard InChI is InChI=1S/C28H27BrN7O3P/c1-20-26-28(35(31-20)22-11-7-4-8-12-22)30-27(21-9-5-3-6-10-21)33(2)40(26,34-15-17-39-18-16-34)32-25-14-13-23(36(37)38)19-24(25)29/h3-14,19H,15-18H2,1-2H3. The van der Waals surface area contributed by atoms with Crippen LogP contribution in [0.5, 0.6) is 0 Å². The molecule has 3 aromatic carbocycles. The zero-order chi connectivity index (χ0) is 27.9. The highest BCUT2D eigenvalue weighted by atomic mass is 79.9. The quantitative estimate of drug-likeness (QED) is 0.150. The molecule has 3 heterocycles. The molecule has 0 radical (unpaired) electrons. The number of rotatable bonds is 5. The molecule has 40 heavy (non-hydrogen) atoms. The molecule has 0 amide bonds. The molecule has 1 unspecified atom stereocenters. The van der Waals surface area contributed by atoms with Crippen molar-refractivity contribution in [2.75, 3.05) is 33.4 Å². The number of hydrogen-bond donors (Lipinski definition) is 0. The maximum Gasteiger partial charge on any atom is 0.270 e. The van der Waals surface area contributed by atoms with Crippen molar-refractivity contribution < 1.29 is 9.66 Å². The fourth-order valence-electron chi connectivity index (χ4n) is 5.19. The first-order valence-corrected chi connectivity index (χ1v) is 15.3. The summed E-state index contributed by atoms with van der Waals surface area (Å²) in [7, 11) is -0.754. The largest absolute Gasteiger partial charge is 0.379 e. The lowest BCUT2D eigenvalue weighted by atomic mass is 10.2. The maximum absolute atomic E-state index is 11.5. The Morgan fingerprint density at radius 3 is 2.35 bits per heavy atom. The highest BCUT2D eigenvalue weighted by Crippen LogP contribution is 2.62. The zero-order valence-corrected chi connectivity index (χ0v) is 24.5. The molecule has 0 bridgehead atoms. The number of aryl methyl sites for hydroxylation is 1. The molecule has 1 fully saturated rings. The highest BCUT2D eigenvalue weighted by Gasteiger charge is 2.45. The van der Waals surface area contributed by atoms with Crippen LogP contribution in [0.3, 0.4) is 0 Å². The summed E-state index contributed by atoms with van der Waals surface area (Å²) in [6.45, 7) is 4.50. The third kappa shape index (κ3) is 4.49. The first-order chi connectivity index (χ1) is 19.4. The molecule has 4 aromatic rings. The molecule has 0 N–H and O–H groups in total. The van der Waals surface area contributed by atoms with E-state index in [0.717, 1.165) is 33.9 Å². The molecule has 2 aliphatic heterocycles. The predicted octanol–water partition coefficient (Wildman–Crippen LogP) is 6.20. The number of amidine groups is 1. The number of benzene rings is 3. The van der Waals surface area contributed by atoms with Crippen molar-refractivity contribution in [1.82, 2.24) is 19.1 Å². The van der Waals surface area contributed by atoms with Crippen LogP contribution in [0.1, 0.15) is 11.3 Å². The van der Waals surface area contributed by atoms with Crippen LogP contribution in [-0.4, -0.2) is 63.2 Å². The van der Waals surface area contributed by atoms with Crippen LogP contribution < -0.4 is 5.30 Å². The Balaban J connectivity index is 1.70. The van der Waals surface area contributed by atoms with Gasteiger partial charge in [-0.3, -0.25) is 10.1 Å². The molecule has 10 nitrogen and oxygen atoms in total. The van der Waals surface area contributed by atoms with Gasteiger partial charge in [0.1, 0.15) is 5.84 Å². The van der Waals surface area contributed by atoms with Gasteiger partial charge in [-0.15, -0.1) is 0 Å². The highest BCUT2D eigenvalue weighted by molar-refractivity contribution is 9.10. The summed E-state index contributed by atoms with van der Waals surface area (Å²) < 4.78 is 18.4. The average Bonchev–Trinajstić information content (AvgIpc) is 3.32. The van der Waals surface area contributed by atoms with Gasteiger partial charge < -0.3 is 9.41 Å². The third-order valence-electron chi connectivity index (χ3n) is 7.05. The first kappa shape index (κ1) is 26.6. The topological polar surface area (TPSA) is 101 Å². The van der Waals surface area contributed by atoms with E-state index in [1.807, 2.05) is 79.3 Å². The van der Waals surface area contributed by atoms with Gasteiger partial charge in [-0.1, -0.05) is 48.5 Å². The Hall–Kier alpha value is -3.63. The van der Waals surface area contributed by atoms with E-state index in [2.05, 4.69) is 25.3 Å². The van der Waals surface area contributed by atoms with Crippen LogP contribution in [0.2, 0.25) is 0 Å². The van der Waals surface area contributed by atoms with Gasteiger partial charge in [-0.25, -0.2) is 19.1 Å². The molecule has 12 heteroatoms. The Morgan fingerprint density at radius 2 is 1.70 bits per heavy atom. The molecule has 204 valence electrons. The zero-order valence-electron chi connectivity index (χ0n) is 22.0. The van der Waals surface area contributed by atoms with E-state index in [1.54, 1.807) is 6.07 Å². The molecule has 0 spiro atoms. The second-order valence-electron chi connectivity index (χ2n) is 9.46. The SMILES string of the molecule is Cc1nn(-c2ccccc2)c2c1P(=Nc1ccc([N+](=O)[O-])cc1Br)(N1CCOCC1)N(C)C(c1ccccc1)=N2. The Kier molecular flexibility index (Phi) is 7.14. The van der Waals surface area contributed by atoms with Crippen molar-refractivity contribution in [3.8, 4) is 5.69 Å². The number of nitro groups is 1. The lowest BCUT2D eigenvalue weighted by molar-refractivity contribution is -0.384. The molecule has 1 saturated heterocycles. The summed E-state index contributed by atoms with van der Waals surface area (Å²) in [6.07, 6.45) is 0. The van der Waals surface area contributed by atoms with Crippen molar-refractivity contribution in [3.63, 3.8) is 0 Å². The number of ether oxygens (including phenoxy) is 1. The number of morpholine rings is 1. The van der Waals surface area contributed by atoms with Crippen LogP contribution >= 0.6 is 23.3 Å². The van der Waals surface area contributed by atoms with Crippen LogP contribution in [-0.2, 0) is 4.74 Å². The third-order valence-corrected chi connectivity index (χ3v) is 11.5. The Morgan fingerprint density at radius 1 is 1.02 bits per heavy atom. The Labute approximate surface area is 240 Å². The molecule has 2 aliphatic rings. The lowest BCUT2D eigenvalue weighted by Gasteiger charge is -2.46. The summed E-state index contributed by atoms with van der Waals surface area (Å²) in [4.78, 5) is 16.3. The van der Waals surface area contributed by atoms with Crippen molar-refractivity contribution in [2.24, 2.45) is 9.74 Å². The summed E-state index contributed by atoms with van der Waals surface area (Å²) in [5.41, 5.74) is 3.34. The van der Waals surface area contributed by atoms with Crippen molar-refractivity contribution in [1.29, 1.82) is 0 Å². The van der Waals surface area contributed by atoms with Gasteiger partial charge in [0.25, 0.3) is 5.69 Å². The van der Waals surface area contributed by atoms with Crippen LogP contribution in [0.15, 0.2) is 93.1 Å². The van der Waals surface area contributed by atoms with Gasteiger partial charge in [0, 0.05) is 37.8 Å². The molecule has 1 atom stereocenters. The van der Waals surface area contributed by atoms with E-state index in [1.165, 1.54) is 12.1 Å². The van der Waals surface area contributed by atoms with E-state index < -0.39 is 12.3 Å². The van der Waals surface area contributed by atoms with E-state index in [4.69, 9.17) is 19.6 Å². The second kappa shape index (κ2) is 10.7. The van der Waals surface area contributed by atoms with E-state index in [0.29, 0.717) is 36.5 Å². The normalized spacial score (nSPS) is 19.2. The molecule has 6 rings (SSSR count). The van der Waals surface area contributed by atoms with Gasteiger partial charge in [-0.2, -0.15) is 5.10 Å². The number of nitro benzene ring substituents is 1. The van der Waals surface area contributed by atoms with E-state index in [9.17, 15) is 10.1 Å². The van der Waals surface area contributed by atoms with Gasteiger partial charge in [0.05, 0.1) is 45.0 Å². The maximum atomic E-state index is 11.5. The van der Waals surface area contributed by atoms with Crippen molar-refractivity contribution >= 4 is 51.6 Å². The minimum Gasteiger partial charge on any atom is -0.379 e. The monoisotopic (exact) mass is 619 g/mol. The number of hydrogen-bond acceptors (Lipinski definition) is 6. The first-order valence-electron chi connectivity index (χ1n) is 12.8. The van der Waals surface area contributed by atoms with Gasteiger partial charge in [-0.05, 0) is 41.1 Å². The number of aliphatic imine (C=N–C) groups is 1. The van der Waals surface area contributed by atoms with Gasteiger partial charge in [0.15, 0.2) is 13.2 Å². The molecule has 1 aromatic heterocycles. The number of halogens is 1. The van der Waals surface area contributed by atoms with Crippen LogP contribution in [0, 0.1) is 17.0 Å².